The quantitative estimate of drug-likeness (QED) is 0.233. The van der Waals surface area contributed by atoms with Crippen molar-refractivity contribution in [2.75, 3.05) is 13.7 Å². The van der Waals surface area contributed by atoms with Gasteiger partial charge in [-0.15, -0.1) is 0 Å². The zero-order chi connectivity index (χ0) is 29.8. The Balaban J connectivity index is 1.36. The van der Waals surface area contributed by atoms with Gasteiger partial charge < -0.3 is 24.0 Å². The van der Waals surface area contributed by atoms with E-state index in [9.17, 15) is 9.90 Å². The van der Waals surface area contributed by atoms with Crippen molar-refractivity contribution < 1.29 is 19.4 Å². The van der Waals surface area contributed by atoms with Crippen LogP contribution in [0.2, 0.25) is 0 Å². The number of rotatable bonds is 9. The van der Waals surface area contributed by atoms with E-state index in [4.69, 9.17) is 9.47 Å². The topological polar surface area (TPSA) is 76.8 Å². The molecule has 0 saturated carbocycles. The molecule has 7 heteroatoms. The summed E-state index contributed by atoms with van der Waals surface area (Å²) in [5, 5.41) is 11.6. The van der Waals surface area contributed by atoms with Gasteiger partial charge in [-0.1, -0.05) is 103 Å². The standard InChI is InChI=1S/C36H35N3O4/c1-26-24-43-34(35(41)39(26)22-27-18-20-31(42-2)21-19-27)33(40)32-23-38(25-37-32)36(28-12-6-3-7-13-28,29-14-8-4-9-15-29)30-16-10-5-11-17-30/h3-21,23,25-26,33-34,40H,22,24H2,1-2H3/t26-,33?,34?/m1/s1. The highest BCUT2D eigenvalue weighted by Crippen LogP contribution is 2.41. The van der Waals surface area contributed by atoms with Crippen LogP contribution in [0, 0.1) is 0 Å². The molecule has 218 valence electrons. The molecule has 0 bridgehead atoms. The van der Waals surface area contributed by atoms with E-state index in [0.717, 1.165) is 28.0 Å². The normalized spacial score (nSPS) is 17.9. The van der Waals surface area contributed by atoms with E-state index >= 15 is 0 Å². The summed E-state index contributed by atoms with van der Waals surface area (Å²) in [6, 6.07) is 38.2. The molecule has 1 saturated heterocycles. The van der Waals surface area contributed by atoms with Crippen molar-refractivity contribution in [3.8, 4) is 5.75 Å². The van der Waals surface area contributed by atoms with Gasteiger partial charge in [0.2, 0.25) is 0 Å². The van der Waals surface area contributed by atoms with Crippen molar-refractivity contribution in [3.05, 3.63) is 156 Å². The van der Waals surface area contributed by atoms with Gasteiger partial charge in [-0.25, -0.2) is 4.98 Å². The van der Waals surface area contributed by atoms with Gasteiger partial charge in [-0.3, -0.25) is 4.79 Å². The Morgan fingerprint density at radius 3 is 1.93 bits per heavy atom. The first-order valence-corrected chi connectivity index (χ1v) is 14.5. The molecule has 1 aromatic heterocycles. The number of carbonyl (C=O) groups is 1. The number of methoxy groups -OCH3 is 1. The van der Waals surface area contributed by atoms with Crippen molar-refractivity contribution in [1.29, 1.82) is 0 Å². The number of carbonyl (C=O) groups excluding carboxylic acids is 1. The first kappa shape index (κ1) is 28.4. The maximum atomic E-state index is 13.7. The van der Waals surface area contributed by atoms with Crippen molar-refractivity contribution in [3.63, 3.8) is 0 Å². The van der Waals surface area contributed by atoms with Gasteiger partial charge >= 0.3 is 0 Å². The molecule has 3 atom stereocenters. The second-order valence-electron chi connectivity index (χ2n) is 10.9. The van der Waals surface area contributed by atoms with Crippen molar-refractivity contribution in [1.82, 2.24) is 14.5 Å². The molecule has 2 unspecified atom stereocenters. The van der Waals surface area contributed by atoms with E-state index < -0.39 is 17.7 Å². The van der Waals surface area contributed by atoms with Gasteiger partial charge in [-0.05, 0) is 41.3 Å². The van der Waals surface area contributed by atoms with E-state index in [0.29, 0.717) is 18.8 Å². The summed E-state index contributed by atoms with van der Waals surface area (Å²) >= 11 is 0. The van der Waals surface area contributed by atoms with Gasteiger partial charge in [0.1, 0.15) is 17.4 Å². The molecule has 0 aliphatic carbocycles. The van der Waals surface area contributed by atoms with Gasteiger partial charge in [0.15, 0.2) is 6.10 Å². The Morgan fingerprint density at radius 2 is 1.42 bits per heavy atom. The molecule has 1 aliphatic heterocycles. The number of morpholine rings is 1. The lowest BCUT2D eigenvalue weighted by Crippen LogP contribution is -2.54. The first-order valence-electron chi connectivity index (χ1n) is 14.5. The minimum atomic E-state index is -1.25. The predicted octanol–water partition coefficient (Wildman–Crippen LogP) is 5.58. The summed E-state index contributed by atoms with van der Waals surface area (Å²) < 4.78 is 13.3. The van der Waals surface area contributed by atoms with Crippen molar-refractivity contribution in [2.45, 2.75) is 37.3 Å². The largest absolute Gasteiger partial charge is 0.497 e. The summed E-state index contributed by atoms with van der Waals surface area (Å²) in [7, 11) is 1.62. The second-order valence-corrected chi connectivity index (χ2v) is 10.9. The molecule has 7 nitrogen and oxygen atoms in total. The molecule has 1 N–H and O–H groups in total. The van der Waals surface area contributed by atoms with E-state index in [1.807, 2.05) is 96.6 Å². The highest BCUT2D eigenvalue weighted by molar-refractivity contribution is 5.82. The third-order valence-electron chi connectivity index (χ3n) is 8.24. The number of benzene rings is 4. The molecule has 0 spiro atoms. The van der Waals surface area contributed by atoms with Gasteiger partial charge in [0, 0.05) is 12.7 Å². The summed E-state index contributed by atoms with van der Waals surface area (Å²) in [5.41, 5.74) is 3.67. The smallest absolute Gasteiger partial charge is 0.255 e. The number of aliphatic hydroxyl groups excluding tert-OH is 1. The van der Waals surface area contributed by atoms with Crippen LogP contribution in [0.25, 0.3) is 0 Å². The summed E-state index contributed by atoms with van der Waals surface area (Å²) in [6.45, 7) is 2.67. The average Bonchev–Trinajstić information content (AvgIpc) is 3.56. The van der Waals surface area contributed by atoms with Crippen molar-refractivity contribution >= 4 is 5.91 Å². The molecule has 1 aliphatic rings. The lowest BCUT2D eigenvalue weighted by molar-refractivity contribution is -0.170. The minimum Gasteiger partial charge on any atom is -0.497 e. The summed E-state index contributed by atoms with van der Waals surface area (Å²) in [5.74, 6) is 0.489. The molecule has 43 heavy (non-hydrogen) atoms. The molecule has 1 amide bonds. The van der Waals surface area contributed by atoms with Gasteiger partial charge in [-0.2, -0.15) is 0 Å². The molecule has 0 radical (unpaired) electrons. The van der Waals surface area contributed by atoms with Crippen LogP contribution >= 0.6 is 0 Å². The van der Waals surface area contributed by atoms with Crippen LogP contribution in [0.5, 0.6) is 5.75 Å². The number of amides is 1. The summed E-state index contributed by atoms with van der Waals surface area (Å²) in [4.78, 5) is 20.2. The zero-order valence-corrected chi connectivity index (χ0v) is 24.3. The molecular formula is C36H35N3O4. The summed E-state index contributed by atoms with van der Waals surface area (Å²) in [6.07, 6.45) is 1.24. The number of imidazole rings is 1. The monoisotopic (exact) mass is 573 g/mol. The predicted molar refractivity (Wildman–Crippen MR) is 165 cm³/mol. The van der Waals surface area contributed by atoms with Crippen LogP contribution in [0.15, 0.2) is 128 Å². The second kappa shape index (κ2) is 12.3. The number of hydrogen-bond acceptors (Lipinski definition) is 5. The number of hydrogen-bond donors (Lipinski definition) is 1. The lowest BCUT2D eigenvalue weighted by Gasteiger charge is -2.39. The Bertz CT molecular complexity index is 1540. The van der Waals surface area contributed by atoms with Crippen LogP contribution in [0.1, 0.15) is 41.0 Å². The minimum absolute atomic E-state index is 0.141. The SMILES string of the molecule is COc1ccc(CN2C(=O)C(C(O)c3cn(C(c4ccccc4)(c4ccccc4)c4ccccc4)cn3)OC[C@H]2C)cc1. The number of nitrogens with zero attached hydrogens (tertiary/aromatic N) is 3. The Labute approximate surface area is 252 Å². The highest BCUT2D eigenvalue weighted by atomic mass is 16.5. The Kier molecular flexibility index (Phi) is 8.09. The number of aliphatic hydroxyl groups is 1. The van der Waals surface area contributed by atoms with Crippen LogP contribution < -0.4 is 4.74 Å². The van der Waals surface area contributed by atoms with Crippen LogP contribution in [-0.4, -0.2) is 51.3 Å². The lowest BCUT2D eigenvalue weighted by atomic mass is 9.77. The molecule has 5 aromatic rings. The molecule has 2 heterocycles. The van der Waals surface area contributed by atoms with E-state index in [-0.39, 0.29) is 11.9 Å². The maximum absolute atomic E-state index is 13.7. The van der Waals surface area contributed by atoms with Crippen LogP contribution in [0.4, 0.5) is 0 Å². The third kappa shape index (κ3) is 5.33. The molecule has 1 fully saturated rings. The van der Waals surface area contributed by atoms with Crippen molar-refractivity contribution in [2.24, 2.45) is 0 Å². The fourth-order valence-electron chi connectivity index (χ4n) is 5.99. The van der Waals surface area contributed by atoms with E-state index in [1.165, 1.54) is 0 Å². The molecule has 6 rings (SSSR count). The molecule has 4 aromatic carbocycles. The zero-order valence-electron chi connectivity index (χ0n) is 24.3. The fraction of sp³-hybridized carbons (Fsp3) is 0.222. The van der Waals surface area contributed by atoms with Crippen LogP contribution in [0.3, 0.4) is 0 Å². The molecular weight excluding hydrogens is 538 g/mol. The highest BCUT2D eigenvalue weighted by Gasteiger charge is 2.42. The first-order chi connectivity index (χ1) is 21.0. The Hall–Kier alpha value is -4.72. The van der Waals surface area contributed by atoms with Gasteiger partial charge in [0.25, 0.3) is 5.91 Å². The number of ether oxygens (including phenoxy) is 2. The Morgan fingerprint density at radius 1 is 0.884 bits per heavy atom. The van der Waals surface area contributed by atoms with Gasteiger partial charge in [0.05, 0.1) is 31.8 Å². The van der Waals surface area contributed by atoms with E-state index in [1.54, 1.807) is 18.3 Å². The maximum Gasteiger partial charge on any atom is 0.255 e. The fourth-order valence-corrected chi connectivity index (χ4v) is 5.99. The third-order valence-corrected chi connectivity index (χ3v) is 8.24. The number of aromatic nitrogens is 2. The van der Waals surface area contributed by atoms with Crippen LogP contribution in [-0.2, 0) is 21.6 Å². The average molecular weight is 574 g/mol. The van der Waals surface area contributed by atoms with E-state index in [2.05, 4.69) is 41.4 Å².